The summed E-state index contributed by atoms with van der Waals surface area (Å²) in [6.45, 7) is 6.56. The first kappa shape index (κ1) is 7.09. The van der Waals surface area contributed by atoms with E-state index in [-0.39, 0.29) is 0 Å². The van der Waals surface area contributed by atoms with E-state index in [1.54, 1.807) is 0 Å². The van der Waals surface area contributed by atoms with Gasteiger partial charge in [-0.1, -0.05) is 18.7 Å². The highest BCUT2D eigenvalue weighted by molar-refractivity contribution is 5.34. The highest BCUT2D eigenvalue weighted by Gasteiger charge is 2.05. The van der Waals surface area contributed by atoms with E-state index in [2.05, 4.69) is 17.4 Å². The van der Waals surface area contributed by atoms with E-state index in [4.69, 9.17) is 0 Å². The molecule has 54 valence electrons. The molecule has 0 unspecified atom stereocenters. The van der Waals surface area contributed by atoms with Crippen LogP contribution in [-0.2, 0) is 0 Å². The molecule has 0 aliphatic carbocycles. The first-order valence-corrected chi connectivity index (χ1v) is 3.35. The van der Waals surface area contributed by atoms with Gasteiger partial charge in [-0.15, -0.1) is 0 Å². The van der Waals surface area contributed by atoms with Crippen LogP contribution in [0.4, 0.5) is 0 Å². The zero-order chi connectivity index (χ0) is 7.40. The standard InChI is InChI=1S/C8H12N2/c1-3-5-8-7(4-2)6-9-10-8/h3-5,9-10H,2,6H2,1H3/b5-3-. The minimum Gasteiger partial charge on any atom is -0.321 e. The molecule has 2 nitrogen and oxygen atoms in total. The number of hydrogen-bond donors (Lipinski definition) is 2. The van der Waals surface area contributed by atoms with Crippen molar-refractivity contribution in [2.24, 2.45) is 0 Å². The highest BCUT2D eigenvalue weighted by Crippen LogP contribution is 2.06. The summed E-state index contributed by atoms with van der Waals surface area (Å²) in [4.78, 5) is 0. The molecule has 0 bridgehead atoms. The van der Waals surface area contributed by atoms with Crippen LogP contribution in [0.2, 0.25) is 0 Å². The van der Waals surface area contributed by atoms with Gasteiger partial charge in [0, 0.05) is 6.54 Å². The predicted octanol–water partition coefficient (Wildman–Crippen LogP) is 1.11. The smallest absolute Gasteiger partial charge is 0.0529 e. The topological polar surface area (TPSA) is 24.1 Å². The molecular weight excluding hydrogens is 124 g/mol. The van der Waals surface area contributed by atoms with E-state index in [0.29, 0.717) is 0 Å². The zero-order valence-electron chi connectivity index (χ0n) is 6.15. The Hall–Kier alpha value is -1.02. The van der Waals surface area contributed by atoms with E-state index < -0.39 is 0 Å². The Morgan fingerprint density at radius 1 is 1.60 bits per heavy atom. The molecule has 0 amide bonds. The van der Waals surface area contributed by atoms with Crippen molar-refractivity contribution in [3.63, 3.8) is 0 Å². The second-order valence-electron chi connectivity index (χ2n) is 2.12. The van der Waals surface area contributed by atoms with Gasteiger partial charge in [0.1, 0.15) is 0 Å². The fourth-order valence-corrected chi connectivity index (χ4v) is 0.908. The maximum atomic E-state index is 3.70. The molecule has 0 aromatic heterocycles. The van der Waals surface area contributed by atoms with Crippen LogP contribution in [0.5, 0.6) is 0 Å². The maximum Gasteiger partial charge on any atom is 0.0529 e. The van der Waals surface area contributed by atoms with E-state index in [1.807, 2.05) is 25.2 Å². The van der Waals surface area contributed by atoms with Crippen LogP contribution in [0.3, 0.4) is 0 Å². The van der Waals surface area contributed by atoms with E-state index in [1.165, 1.54) is 5.57 Å². The van der Waals surface area contributed by atoms with Crippen LogP contribution in [0.25, 0.3) is 0 Å². The summed E-state index contributed by atoms with van der Waals surface area (Å²) < 4.78 is 0. The molecular formula is C8H12N2. The van der Waals surface area contributed by atoms with Crippen molar-refractivity contribution < 1.29 is 0 Å². The van der Waals surface area contributed by atoms with Gasteiger partial charge < -0.3 is 5.43 Å². The fourth-order valence-electron chi connectivity index (χ4n) is 0.908. The van der Waals surface area contributed by atoms with Gasteiger partial charge in [-0.25, -0.2) is 5.43 Å². The zero-order valence-corrected chi connectivity index (χ0v) is 6.15. The summed E-state index contributed by atoms with van der Waals surface area (Å²) >= 11 is 0. The first-order valence-electron chi connectivity index (χ1n) is 3.35. The van der Waals surface area contributed by atoms with Crippen LogP contribution < -0.4 is 10.9 Å². The van der Waals surface area contributed by atoms with Crippen molar-refractivity contribution in [3.05, 3.63) is 36.1 Å². The van der Waals surface area contributed by atoms with Gasteiger partial charge in [-0.2, -0.15) is 0 Å². The molecule has 0 saturated carbocycles. The van der Waals surface area contributed by atoms with Crippen molar-refractivity contribution in [1.82, 2.24) is 10.9 Å². The minimum atomic E-state index is 0.864. The van der Waals surface area contributed by atoms with Gasteiger partial charge in [-0.05, 0) is 18.6 Å². The average molecular weight is 136 g/mol. The largest absolute Gasteiger partial charge is 0.321 e. The Morgan fingerprint density at radius 2 is 2.40 bits per heavy atom. The lowest BCUT2D eigenvalue weighted by Gasteiger charge is -1.94. The average Bonchev–Trinajstić information content (AvgIpc) is 2.36. The van der Waals surface area contributed by atoms with Crippen LogP contribution in [0.1, 0.15) is 6.92 Å². The molecule has 0 aromatic carbocycles. The summed E-state index contributed by atoms with van der Waals surface area (Å²) in [6.07, 6.45) is 5.89. The van der Waals surface area contributed by atoms with Crippen molar-refractivity contribution >= 4 is 0 Å². The number of nitrogens with one attached hydrogen (secondary N) is 2. The highest BCUT2D eigenvalue weighted by atomic mass is 15.4. The second kappa shape index (κ2) is 3.22. The summed E-state index contributed by atoms with van der Waals surface area (Å²) in [7, 11) is 0. The Morgan fingerprint density at radius 3 is 3.00 bits per heavy atom. The summed E-state index contributed by atoms with van der Waals surface area (Å²) in [6, 6.07) is 0. The monoisotopic (exact) mass is 136 g/mol. The molecule has 2 heteroatoms. The Kier molecular flexibility index (Phi) is 2.29. The van der Waals surface area contributed by atoms with Gasteiger partial charge in [0.05, 0.1) is 5.70 Å². The van der Waals surface area contributed by atoms with Gasteiger partial charge in [0.25, 0.3) is 0 Å². The minimum absolute atomic E-state index is 0.864. The molecule has 10 heavy (non-hydrogen) atoms. The Balaban J connectivity index is 2.77. The van der Waals surface area contributed by atoms with E-state index in [0.717, 1.165) is 12.2 Å². The molecule has 0 spiro atoms. The first-order chi connectivity index (χ1) is 4.88. The van der Waals surface area contributed by atoms with E-state index in [9.17, 15) is 0 Å². The van der Waals surface area contributed by atoms with Gasteiger partial charge >= 0.3 is 0 Å². The molecule has 1 rings (SSSR count). The molecule has 0 saturated heterocycles. The fraction of sp³-hybridized carbons (Fsp3) is 0.250. The SMILES string of the molecule is C=CC1=C(/C=C\C)NNC1. The van der Waals surface area contributed by atoms with Crippen molar-refractivity contribution in [3.8, 4) is 0 Å². The molecule has 0 aromatic rings. The number of allylic oxidation sites excluding steroid dienone is 2. The number of hydrazine groups is 1. The van der Waals surface area contributed by atoms with Crippen LogP contribution >= 0.6 is 0 Å². The van der Waals surface area contributed by atoms with E-state index >= 15 is 0 Å². The third-order valence-corrected chi connectivity index (χ3v) is 1.43. The van der Waals surface area contributed by atoms with Crippen LogP contribution in [0, 0.1) is 0 Å². The summed E-state index contributed by atoms with van der Waals surface area (Å²) in [5.74, 6) is 0. The lowest BCUT2D eigenvalue weighted by molar-refractivity contribution is 0.708. The van der Waals surface area contributed by atoms with Gasteiger partial charge in [0.2, 0.25) is 0 Å². The molecule has 0 atom stereocenters. The number of hydrogen-bond acceptors (Lipinski definition) is 2. The Labute approximate surface area is 61.3 Å². The lowest BCUT2D eigenvalue weighted by Crippen LogP contribution is -2.23. The Bertz CT molecular complexity index is 189. The van der Waals surface area contributed by atoms with Gasteiger partial charge in [-0.3, -0.25) is 0 Å². The molecule has 0 fully saturated rings. The molecule has 1 aliphatic rings. The molecule has 2 N–H and O–H groups in total. The predicted molar refractivity (Wildman–Crippen MR) is 43.2 cm³/mol. The normalized spacial score (nSPS) is 18.1. The van der Waals surface area contributed by atoms with Crippen LogP contribution in [-0.4, -0.2) is 6.54 Å². The van der Waals surface area contributed by atoms with Crippen molar-refractivity contribution in [2.45, 2.75) is 6.92 Å². The summed E-state index contributed by atoms with van der Waals surface area (Å²) in [5, 5.41) is 0. The van der Waals surface area contributed by atoms with Crippen LogP contribution in [0.15, 0.2) is 36.1 Å². The lowest BCUT2D eigenvalue weighted by atomic mass is 10.2. The number of rotatable bonds is 2. The quantitative estimate of drug-likeness (QED) is 0.594. The van der Waals surface area contributed by atoms with Gasteiger partial charge in [0.15, 0.2) is 0 Å². The van der Waals surface area contributed by atoms with Crippen molar-refractivity contribution in [1.29, 1.82) is 0 Å². The van der Waals surface area contributed by atoms with Crippen molar-refractivity contribution in [2.75, 3.05) is 6.54 Å². The molecule has 0 radical (unpaired) electrons. The summed E-state index contributed by atoms with van der Waals surface area (Å²) in [5.41, 5.74) is 8.38. The second-order valence-corrected chi connectivity index (χ2v) is 2.12. The maximum absolute atomic E-state index is 3.70. The third kappa shape index (κ3) is 1.28. The third-order valence-electron chi connectivity index (χ3n) is 1.43. The molecule has 1 aliphatic heterocycles. The molecule has 1 heterocycles.